The molecule has 12 heteroatoms. The molecule has 30 heavy (non-hydrogen) atoms. The van der Waals surface area contributed by atoms with Crippen LogP contribution in [0, 0.1) is 0 Å². The monoisotopic (exact) mass is 443 g/mol. The second kappa shape index (κ2) is 8.22. The molecule has 2 N–H and O–H groups in total. The molecule has 0 radical (unpaired) electrons. The Morgan fingerprint density at radius 2 is 2.03 bits per heavy atom. The molecule has 1 amide bonds. The van der Waals surface area contributed by atoms with Gasteiger partial charge in [-0.1, -0.05) is 11.3 Å². The number of anilines is 1. The number of benzene rings is 1. The van der Waals surface area contributed by atoms with Crippen molar-refractivity contribution in [1.29, 1.82) is 0 Å². The molecule has 1 atom stereocenters. The Balaban J connectivity index is 2.02. The molecule has 2 aromatic heterocycles. The van der Waals surface area contributed by atoms with Crippen LogP contribution < -0.4 is 15.4 Å². The van der Waals surface area contributed by atoms with Gasteiger partial charge in [0.25, 0.3) is 5.91 Å². The fourth-order valence-corrected chi connectivity index (χ4v) is 3.51. The average Bonchev–Trinajstić information content (AvgIpc) is 3.35. The summed E-state index contributed by atoms with van der Waals surface area (Å²) in [6.45, 7) is 2.20. The second-order valence-corrected chi connectivity index (χ2v) is 6.91. The van der Waals surface area contributed by atoms with E-state index in [1.54, 1.807) is 30.4 Å². The molecule has 0 aliphatic carbocycles. The minimum atomic E-state index is -5.28. The van der Waals surface area contributed by atoms with E-state index in [0.717, 1.165) is 30.8 Å². The molecular formula is C18H16F3N3O5S. The summed E-state index contributed by atoms with van der Waals surface area (Å²) in [6, 6.07) is 7.26. The number of hydrogen-bond acceptors (Lipinski definition) is 8. The lowest BCUT2D eigenvalue weighted by Gasteiger charge is -2.33. The van der Waals surface area contributed by atoms with E-state index in [-0.39, 0.29) is 5.13 Å². The summed E-state index contributed by atoms with van der Waals surface area (Å²) in [4.78, 5) is 28.6. The van der Waals surface area contributed by atoms with Crippen molar-refractivity contribution in [1.82, 2.24) is 10.3 Å². The normalized spacial score (nSPS) is 13.5. The number of carbonyl (C=O) groups excluding carboxylic acids is 2. The maximum Gasteiger partial charge on any atom is 0.442 e. The Kier molecular flexibility index (Phi) is 5.87. The van der Waals surface area contributed by atoms with Gasteiger partial charge in [-0.05, 0) is 37.3 Å². The minimum absolute atomic E-state index is 0.263. The third kappa shape index (κ3) is 4.03. The van der Waals surface area contributed by atoms with Crippen LogP contribution in [0.5, 0.6) is 5.75 Å². The predicted molar refractivity (Wildman–Crippen MR) is 101 cm³/mol. The molecule has 2 heterocycles. The smallest absolute Gasteiger partial charge is 0.442 e. The number of rotatable bonds is 7. The minimum Gasteiger partial charge on any atom is -0.494 e. The zero-order valence-corrected chi connectivity index (χ0v) is 16.5. The molecule has 1 aromatic carbocycles. The summed E-state index contributed by atoms with van der Waals surface area (Å²) in [5.41, 5.74) is -3.22. The molecule has 0 saturated heterocycles. The molecule has 1 unspecified atom stereocenters. The molecule has 0 spiro atoms. The van der Waals surface area contributed by atoms with Crippen molar-refractivity contribution in [2.24, 2.45) is 0 Å². The first kappa shape index (κ1) is 21.4. The lowest BCUT2D eigenvalue weighted by molar-refractivity contribution is -0.203. The first-order valence-electron chi connectivity index (χ1n) is 8.53. The number of carbonyl (C=O) groups is 2. The SMILES string of the molecule is CCOc1ccc2nc(NC(NC(=O)c3ccco3)(C(=O)OC)C(F)(F)F)sc2c1. The van der Waals surface area contributed by atoms with Crippen molar-refractivity contribution < 1.29 is 36.7 Å². The van der Waals surface area contributed by atoms with Crippen LogP contribution in [0.4, 0.5) is 18.3 Å². The molecule has 160 valence electrons. The fourth-order valence-electron chi connectivity index (χ4n) is 2.56. The number of esters is 1. The van der Waals surface area contributed by atoms with Gasteiger partial charge in [0.05, 0.1) is 30.2 Å². The van der Waals surface area contributed by atoms with Gasteiger partial charge >= 0.3 is 17.8 Å². The topological polar surface area (TPSA) is 103 Å². The maximum absolute atomic E-state index is 14.1. The Labute approximate surface area is 172 Å². The van der Waals surface area contributed by atoms with Crippen LogP contribution in [0.1, 0.15) is 17.5 Å². The number of amides is 1. The van der Waals surface area contributed by atoms with Crippen LogP contribution in [0.3, 0.4) is 0 Å². The van der Waals surface area contributed by atoms with Crippen LogP contribution in [0.2, 0.25) is 0 Å². The molecule has 0 aliphatic rings. The van der Waals surface area contributed by atoms with Crippen molar-refractivity contribution >= 4 is 38.6 Å². The third-order valence-electron chi connectivity index (χ3n) is 3.93. The quantitative estimate of drug-likeness (QED) is 0.425. The Morgan fingerprint density at radius 1 is 1.27 bits per heavy atom. The van der Waals surface area contributed by atoms with Gasteiger partial charge in [0.2, 0.25) is 0 Å². The molecule has 0 saturated carbocycles. The van der Waals surface area contributed by atoms with E-state index in [2.05, 4.69) is 9.72 Å². The number of nitrogens with one attached hydrogen (secondary N) is 2. The largest absolute Gasteiger partial charge is 0.494 e. The summed E-state index contributed by atoms with van der Waals surface area (Å²) in [5.74, 6) is -2.94. The number of methoxy groups -OCH3 is 1. The molecule has 0 aliphatic heterocycles. The summed E-state index contributed by atoms with van der Waals surface area (Å²) in [7, 11) is 0.774. The number of furan rings is 1. The van der Waals surface area contributed by atoms with Crippen molar-refractivity contribution in [3.8, 4) is 5.75 Å². The lowest BCUT2D eigenvalue weighted by atomic mass is 10.1. The summed E-state index contributed by atoms with van der Waals surface area (Å²) >= 11 is 0.848. The molecule has 0 fully saturated rings. The molecule has 0 bridgehead atoms. The highest BCUT2D eigenvalue weighted by atomic mass is 32.1. The zero-order chi connectivity index (χ0) is 21.9. The standard InChI is InChI=1S/C18H16F3N3O5S/c1-3-28-10-6-7-11-13(9-10)30-16(22-11)24-17(15(26)27-2,18(19,20)21)23-14(25)12-5-4-8-29-12/h4-9H,3H2,1-2H3,(H,22,24)(H,23,25). The zero-order valence-electron chi connectivity index (χ0n) is 15.7. The van der Waals surface area contributed by atoms with E-state index in [1.165, 1.54) is 6.07 Å². The fraction of sp³-hybridized carbons (Fsp3) is 0.278. The van der Waals surface area contributed by atoms with Crippen LogP contribution in [-0.4, -0.2) is 42.4 Å². The van der Waals surface area contributed by atoms with Gasteiger partial charge in [-0.15, -0.1) is 0 Å². The van der Waals surface area contributed by atoms with Crippen molar-refractivity contribution in [2.75, 3.05) is 19.0 Å². The van der Waals surface area contributed by atoms with Gasteiger partial charge in [-0.2, -0.15) is 13.2 Å². The summed E-state index contributed by atoms with van der Waals surface area (Å²) < 4.78 is 57.2. The highest BCUT2D eigenvalue weighted by Gasteiger charge is 2.64. The van der Waals surface area contributed by atoms with Crippen LogP contribution in [0.25, 0.3) is 10.2 Å². The van der Waals surface area contributed by atoms with Gasteiger partial charge in [-0.25, -0.2) is 9.78 Å². The number of fused-ring (bicyclic) bond motifs is 1. The highest BCUT2D eigenvalue weighted by Crippen LogP contribution is 2.36. The van der Waals surface area contributed by atoms with Crippen LogP contribution in [-0.2, 0) is 9.53 Å². The van der Waals surface area contributed by atoms with E-state index >= 15 is 0 Å². The number of halogens is 3. The Hall–Kier alpha value is -3.28. The molecule has 8 nitrogen and oxygen atoms in total. The predicted octanol–water partition coefficient (Wildman–Crippen LogP) is 3.56. The van der Waals surface area contributed by atoms with Crippen LogP contribution >= 0.6 is 11.3 Å². The van der Waals surface area contributed by atoms with Crippen LogP contribution in [0.15, 0.2) is 41.0 Å². The summed E-state index contributed by atoms with van der Waals surface area (Å²) in [6.07, 6.45) is -4.17. The lowest BCUT2D eigenvalue weighted by Crippen LogP contribution is -2.69. The number of aromatic nitrogens is 1. The summed E-state index contributed by atoms with van der Waals surface area (Å²) in [5, 5.41) is 3.39. The van der Waals surface area contributed by atoms with Gasteiger partial charge in [0.15, 0.2) is 10.9 Å². The van der Waals surface area contributed by atoms with Crippen molar-refractivity contribution in [2.45, 2.75) is 18.8 Å². The number of nitrogens with zero attached hydrogens (tertiary/aromatic N) is 1. The Bertz CT molecular complexity index is 1050. The van der Waals surface area contributed by atoms with E-state index in [1.807, 2.05) is 5.32 Å². The average molecular weight is 443 g/mol. The van der Waals surface area contributed by atoms with E-state index in [0.29, 0.717) is 22.6 Å². The number of hydrogen-bond donors (Lipinski definition) is 2. The maximum atomic E-state index is 14.1. The van der Waals surface area contributed by atoms with Gasteiger partial charge in [0.1, 0.15) is 5.75 Å². The second-order valence-electron chi connectivity index (χ2n) is 5.88. The van der Waals surface area contributed by atoms with Gasteiger partial charge in [-0.3, -0.25) is 4.79 Å². The van der Waals surface area contributed by atoms with Crippen molar-refractivity contribution in [3.63, 3.8) is 0 Å². The van der Waals surface area contributed by atoms with Gasteiger partial charge < -0.3 is 24.5 Å². The van der Waals surface area contributed by atoms with E-state index in [4.69, 9.17) is 9.15 Å². The van der Waals surface area contributed by atoms with E-state index < -0.39 is 29.5 Å². The molecular weight excluding hydrogens is 427 g/mol. The highest BCUT2D eigenvalue weighted by molar-refractivity contribution is 7.22. The van der Waals surface area contributed by atoms with E-state index in [9.17, 15) is 22.8 Å². The molecule has 3 rings (SSSR count). The number of ether oxygens (including phenoxy) is 2. The number of alkyl halides is 3. The van der Waals surface area contributed by atoms with Crippen molar-refractivity contribution in [3.05, 3.63) is 42.4 Å². The third-order valence-corrected chi connectivity index (χ3v) is 4.86. The first-order valence-corrected chi connectivity index (χ1v) is 9.34. The number of thiazole rings is 1. The first-order chi connectivity index (χ1) is 14.2. The molecule has 3 aromatic rings. The Morgan fingerprint density at radius 3 is 2.63 bits per heavy atom. The van der Waals surface area contributed by atoms with Gasteiger partial charge in [0, 0.05) is 0 Å².